The van der Waals surface area contributed by atoms with Crippen molar-refractivity contribution >= 4 is 45.7 Å². The lowest BCUT2D eigenvalue weighted by molar-refractivity contribution is 0.102. The predicted octanol–water partition coefficient (Wildman–Crippen LogP) is 2.60. The van der Waals surface area contributed by atoms with Gasteiger partial charge in [-0.3, -0.25) is 9.89 Å². The number of fused-ring (bicyclic) bond motifs is 1. The number of nitrogens with zero attached hydrogens (tertiary/aromatic N) is 5. The largest absolute Gasteiger partial charge is 0.423 e. The first-order chi connectivity index (χ1) is 16.7. The molecule has 2 aliphatic heterocycles. The Hall–Kier alpha value is -3.48. The van der Waals surface area contributed by atoms with Crippen molar-refractivity contribution in [2.75, 3.05) is 67.7 Å². The minimum Gasteiger partial charge on any atom is -0.423 e. The zero-order chi connectivity index (χ0) is 22.9. The second-order valence-electron chi connectivity index (χ2n) is 8.01. The molecule has 6 rings (SSSR count). The molecule has 1 amide bonds. The number of rotatable bonds is 5. The second kappa shape index (κ2) is 9.05. The third-order valence-electron chi connectivity index (χ3n) is 5.86. The van der Waals surface area contributed by atoms with Crippen LogP contribution in [-0.2, 0) is 9.47 Å². The van der Waals surface area contributed by atoms with Crippen LogP contribution in [0.4, 0.5) is 17.4 Å². The first-order valence-electron chi connectivity index (χ1n) is 11.1. The first-order valence-corrected chi connectivity index (χ1v) is 12.0. The van der Waals surface area contributed by atoms with Gasteiger partial charge in [-0.2, -0.15) is 10.1 Å². The summed E-state index contributed by atoms with van der Waals surface area (Å²) < 4.78 is 17.0. The molecule has 2 N–H and O–H groups in total. The SMILES string of the molecule is O=C(Nc1cc2oc(N3CCOCC3)nc2cc1N1CCOCC1)c1csc(-c2cn[nH]c2)n1. The molecule has 2 saturated heterocycles. The van der Waals surface area contributed by atoms with Crippen LogP contribution in [-0.4, -0.2) is 78.7 Å². The van der Waals surface area contributed by atoms with Crippen molar-refractivity contribution in [3.63, 3.8) is 0 Å². The highest BCUT2D eigenvalue weighted by Gasteiger charge is 2.23. The summed E-state index contributed by atoms with van der Waals surface area (Å²) in [5.41, 5.74) is 4.10. The van der Waals surface area contributed by atoms with Crippen LogP contribution >= 0.6 is 11.3 Å². The monoisotopic (exact) mass is 481 g/mol. The van der Waals surface area contributed by atoms with E-state index in [4.69, 9.17) is 18.9 Å². The fraction of sp³-hybridized carbons (Fsp3) is 0.364. The highest BCUT2D eigenvalue weighted by Crippen LogP contribution is 2.34. The number of carbonyl (C=O) groups excluding carboxylic acids is 1. The van der Waals surface area contributed by atoms with Crippen LogP contribution in [0.15, 0.2) is 34.3 Å². The summed E-state index contributed by atoms with van der Waals surface area (Å²) in [5.74, 6) is -0.284. The molecular formula is C22H23N7O4S. The normalized spacial score (nSPS) is 16.8. The molecule has 0 radical (unpaired) electrons. The minimum atomic E-state index is -0.284. The van der Waals surface area contributed by atoms with Gasteiger partial charge in [-0.25, -0.2) is 4.98 Å². The van der Waals surface area contributed by atoms with Gasteiger partial charge in [-0.1, -0.05) is 0 Å². The molecule has 3 aromatic heterocycles. The summed E-state index contributed by atoms with van der Waals surface area (Å²) in [6.07, 6.45) is 3.43. The molecule has 0 spiro atoms. The number of morpholine rings is 2. The number of thiazole rings is 1. The maximum atomic E-state index is 13.1. The standard InChI is InChI=1S/C22H23N7O4S/c30-20(17-13-34-21(26-17)14-11-23-24-12-14)25-15-10-19-16(9-18(15)28-1-5-31-6-2-28)27-22(33-19)29-3-7-32-8-4-29/h9-13H,1-8H2,(H,23,24)(H,25,30). The van der Waals surface area contributed by atoms with Gasteiger partial charge >= 0.3 is 0 Å². The number of hydrogen-bond donors (Lipinski definition) is 2. The van der Waals surface area contributed by atoms with E-state index in [0.717, 1.165) is 48.0 Å². The lowest BCUT2D eigenvalue weighted by Crippen LogP contribution is -2.36. The lowest BCUT2D eigenvalue weighted by atomic mass is 10.2. The fourth-order valence-electron chi connectivity index (χ4n) is 4.07. The Morgan fingerprint density at radius 3 is 2.53 bits per heavy atom. The van der Waals surface area contributed by atoms with E-state index in [9.17, 15) is 4.79 Å². The van der Waals surface area contributed by atoms with Crippen molar-refractivity contribution in [3.8, 4) is 10.6 Å². The van der Waals surface area contributed by atoms with Crippen LogP contribution < -0.4 is 15.1 Å². The Morgan fingerprint density at radius 2 is 1.79 bits per heavy atom. The van der Waals surface area contributed by atoms with E-state index in [0.29, 0.717) is 49.4 Å². The summed E-state index contributed by atoms with van der Waals surface area (Å²) in [6.45, 7) is 5.47. The number of oxazole rings is 1. The van der Waals surface area contributed by atoms with E-state index < -0.39 is 0 Å². The Morgan fingerprint density at radius 1 is 1.03 bits per heavy atom. The molecule has 34 heavy (non-hydrogen) atoms. The minimum absolute atomic E-state index is 0.284. The van der Waals surface area contributed by atoms with Crippen LogP contribution in [0.3, 0.4) is 0 Å². The number of aromatic amines is 1. The van der Waals surface area contributed by atoms with Crippen LogP contribution in [0.2, 0.25) is 0 Å². The van der Waals surface area contributed by atoms with E-state index in [2.05, 4.69) is 30.3 Å². The van der Waals surface area contributed by atoms with Crippen molar-refractivity contribution < 1.29 is 18.7 Å². The van der Waals surface area contributed by atoms with Gasteiger partial charge in [0, 0.05) is 49.4 Å². The van der Waals surface area contributed by atoms with Gasteiger partial charge in [0.1, 0.15) is 16.2 Å². The van der Waals surface area contributed by atoms with Gasteiger partial charge in [0.15, 0.2) is 5.58 Å². The molecule has 4 aromatic rings. The van der Waals surface area contributed by atoms with E-state index in [-0.39, 0.29) is 5.91 Å². The maximum absolute atomic E-state index is 13.1. The van der Waals surface area contributed by atoms with Gasteiger partial charge in [-0.15, -0.1) is 11.3 Å². The highest BCUT2D eigenvalue weighted by atomic mass is 32.1. The van der Waals surface area contributed by atoms with Crippen molar-refractivity contribution in [1.29, 1.82) is 0 Å². The lowest BCUT2D eigenvalue weighted by Gasteiger charge is -2.30. The molecule has 0 saturated carbocycles. The third-order valence-corrected chi connectivity index (χ3v) is 6.75. The second-order valence-corrected chi connectivity index (χ2v) is 8.87. The predicted molar refractivity (Wildman–Crippen MR) is 128 cm³/mol. The van der Waals surface area contributed by atoms with Crippen LogP contribution in [0.25, 0.3) is 21.7 Å². The van der Waals surface area contributed by atoms with Gasteiger partial charge in [0.2, 0.25) is 0 Å². The number of anilines is 3. The highest BCUT2D eigenvalue weighted by molar-refractivity contribution is 7.13. The molecule has 12 heteroatoms. The molecule has 2 aliphatic rings. The van der Waals surface area contributed by atoms with Gasteiger partial charge in [0.25, 0.3) is 11.9 Å². The molecule has 0 bridgehead atoms. The molecule has 2 fully saturated rings. The summed E-state index contributed by atoms with van der Waals surface area (Å²) >= 11 is 1.40. The molecule has 0 atom stereocenters. The van der Waals surface area contributed by atoms with Crippen LogP contribution in [0, 0.1) is 0 Å². The number of ether oxygens (including phenoxy) is 2. The molecule has 11 nitrogen and oxygen atoms in total. The van der Waals surface area contributed by atoms with Crippen molar-refractivity contribution in [1.82, 2.24) is 20.2 Å². The van der Waals surface area contributed by atoms with E-state index in [1.807, 2.05) is 12.1 Å². The number of benzene rings is 1. The number of amides is 1. The molecule has 5 heterocycles. The number of nitrogens with one attached hydrogen (secondary N) is 2. The van der Waals surface area contributed by atoms with Gasteiger partial charge in [-0.05, 0) is 6.07 Å². The number of hydrogen-bond acceptors (Lipinski definition) is 10. The molecular weight excluding hydrogens is 458 g/mol. The summed E-state index contributed by atoms with van der Waals surface area (Å²) in [7, 11) is 0. The Bertz CT molecular complexity index is 1290. The van der Waals surface area contributed by atoms with Crippen molar-refractivity contribution in [2.45, 2.75) is 0 Å². The first kappa shape index (κ1) is 21.1. The zero-order valence-corrected chi connectivity index (χ0v) is 19.1. The summed E-state index contributed by atoms with van der Waals surface area (Å²) in [5, 5.41) is 12.2. The van der Waals surface area contributed by atoms with Crippen molar-refractivity contribution in [3.05, 3.63) is 35.6 Å². The number of aromatic nitrogens is 4. The zero-order valence-electron chi connectivity index (χ0n) is 18.3. The summed E-state index contributed by atoms with van der Waals surface area (Å²) in [4.78, 5) is 26.6. The fourth-order valence-corrected chi connectivity index (χ4v) is 4.85. The molecule has 0 unspecified atom stereocenters. The molecule has 0 aliphatic carbocycles. The number of carbonyl (C=O) groups is 1. The van der Waals surface area contributed by atoms with Gasteiger partial charge < -0.3 is 29.0 Å². The smallest absolute Gasteiger partial charge is 0.298 e. The van der Waals surface area contributed by atoms with Crippen molar-refractivity contribution in [2.24, 2.45) is 0 Å². The molecule has 1 aromatic carbocycles. The van der Waals surface area contributed by atoms with Gasteiger partial charge in [0.05, 0.1) is 44.0 Å². The Labute approximate surface area is 198 Å². The Kier molecular flexibility index (Phi) is 5.61. The number of H-pyrrole nitrogens is 1. The molecule has 176 valence electrons. The average molecular weight is 482 g/mol. The van der Waals surface area contributed by atoms with E-state index in [1.54, 1.807) is 17.8 Å². The maximum Gasteiger partial charge on any atom is 0.298 e. The van der Waals surface area contributed by atoms with Crippen LogP contribution in [0.1, 0.15) is 10.5 Å². The van der Waals surface area contributed by atoms with E-state index in [1.165, 1.54) is 11.3 Å². The van der Waals surface area contributed by atoms with Crippen LogP contribution in [0.5, 0.6) is 0 Å². The average Bonchev–Trinajstić information content (AvgIpc) is 3.65. The quantitative estimate of drug-likeness (QED) is 0.443. The topological polar surface area (TPSA) is 122 Å². The third kappa shape index (κ3) is 4.11. The summed E-state index contributed by atoms with van der Waals surface area (Å²) in [6, 6.07) is 4.39. The Balaban J connectivity index is 1.32. The van der Waals surface area contributed by atoms with E-state index >= 15 is 0 Å².